The Kier molecular flexibility index (Phi) is 5.21. The van der Waals surface area contributed by atoms with E-state index in [0.717, 1.165) is 27.7 Å². The molecule has 0 unspecified atom stereocenters. The van der Waals surface area contributed by atoms with E-state index in [-0.39, 0.29) is 0 Å². The van der Waals surface area contributed by atoms with Gasteiger partial charge in [0, 0.05) is 42.8 Å². The van der Waals surface area contributed by atoms with Gasteiger partial charge in [0.1, 0.15) is 18.1 Å². The number of benzene rings is 1. The minimum absolute atomic E-state index is 0.343. The first-order valence-corrected chi connectivity index (χ1v) is 11.9. The molecule has 5 aromatic rings. The summed E-state index contributed by atoms with van der Waals surface area (Å²) in [5, 5.41) is 5.42. The minimum atomic E-state index is 0.343. The Balaban J connectivity index is 1.15. The molecule has 8 nitrogen and oxygen atoms in total. The van der Waals surface area contributed by atoms with Gasteiger partial charge in [-0.2, -0.15) is 4.98 Å². The molecule has 35 heavy (non-hydrogen) atoms. The van der Waals surface area contributed by atoms with Crippen molar-refractivity contribution in [1.82, 2.24) is 24.3 Å². The summed E-state index contributed by atoms with van der Waals surface area (Å²) in [6.07, 6.45) is 10.2. The van der Waals surface area contributed by atoms with Gasteiger partial charge in [0.25, 0.3) is 0 Å². The number of rotatable bonds is 7. The number of hydrogen-bond acceptors (Lipinski definition) is 7. The van der Waals surface area contributed by atoms with Crippen molar-refractivity contribution in [3.63, 3.8) is 0 Å². The predicted molar refractivity (Wildman–Crippen MR) is 136 cm³/mol. The third-order valence-electron chi connectivity index (χ3n) is 6.71. The number of nitrogens with one attached hydrogen (secondary N) is 1. The first kappa shape index (κ1) is 21.3. The zero-order valence-electron chi connectivity index (χ0n) is 19.8. The molecule has 0 spiro atoms. The maximum absolute atomic E-state index is 6.07. The van der Waals surface area contributed by atoms with Gasteiger partial charge in [-0.1, -0.05) is 6.07 Å². The molecule has 0 radical (unpaired) electrons. The molecule has 8 heteroatoms. The van der Waals surface area contributed by atoms with E-state index in [9.17, 15) is 0 Å². The van der Waals surface area contributed by atoms with Crippen LogP contribution in [0, 0.1) is 13.8 Å². The van der Waals surface area contributed by atoms with E-state index in [1.807, 2.05) is 12.3 Å². The van der Waals surface area contributed by atoms with Crippen LogP contribution in [-0.4, -0.2) is 24.3 Å². The van der Waals surface area contributed by atoms with Crippen LogP contribution in [0.25, 0.3) is 16.4 Å². The zero-order chi connectivity index (χ0) is 23.9. The number of pyridine rings is 2. The Bertz CT molecular complexity index is 1550. The van der Waals surface area contributed by atoms with Crippen molar-refractivity contribution < 1.29 is 4.74 Å². The molecule has 0 bridgehead atoms. The molecule has 4 aromatic heterocycles. The van der Waals surface area contributed by atoms with Crippen molar-refractivity contribution in [3.8, 4) is 5.88 Å². The van der Waals surface area contributed by atoms with Gasteiger partial charge in [-0.3, -0.25) is 0 Å². The first-order valence-electron chi connectivity index (χ1n) is 11.9. The van der Waals surface area contributed by atoms with E-state index in [1.54, 1.807) is 18.5 Å². The van der Waals surface area contributed by atoms with Gasteiger partial charge in [-0.25, -0.2) is 15.0 Å². The van der Waals surface area contributed by atoms with E-state index in [2.05, 4.69) is 67.9 Å². The summed E-state index contributed by atoms with van der Waals surface area (Å²) in [7, 11) is 0. The van der Waals surface area contributed by atoms with Crippen molar-refractivity contribution in [2.75, 3.05) is 11.1 Å². The van der Waals surface area contributed by atoms with E-state index >= 15 is 0 Å². The minimum Gasteiger partial charge on any atom is -0.471 e. The summed E-state index contributed by atoms with van der Waals surface area (Å²) in [5.74, 6) is 2.28. The molecule has 0 amide bonds. The Morgan fingerprint density at radius 3 is 2.74 bits per heavy atom. The molecule has 3 N–H and O–H groups in total. The van der Waals surface area contributed by atoms with Crippen LogP contribution in [0.5, 0.6) is 5.88 Å². The van der Waals surface area contributed by atoms with Crippen molar-refractivity contribution in [3.05, 3.63) is 83.1 Å². The number of nitrogen functional groups attached to an aromatic ring is 1. The van der Waals surface area contributed by atoms with E-state index in [4.69, 9.17) is 10.5 Å². The molecule has 0 aliphatic heterocycles. The molecular weight excluding hydrogens is 438 g/mol. The highest BCUT2D eigenvalue weighted by Gasteiger charge is 2.23. The Morgan fingerprint density at radius 2 is 1.89 bits per heavy atom. The molecule has 1 saturated carbocycles. The van der Waals surface area contributed by atoms with E-state index in [0.29, 0.717) is 36.7 Å². The Labute approximate surface area is 203 Å². The average molecular weight is 466 g/mol. The lowest BCUT2D eigenvalue weighted by atomic mass is 9.96. The number of hydrogen-bond donors (Lipinski definition) is 2. The van der Waals surface area contributed by atoms with Gasteiger partial charge in [-0.05, 0) is 78.4 Å². The third-order valence-corrected chi connectivity index (χ3v) is 6.71. The van der Waals surface area contributed by atoms with Gasteiger partial charge < -0.3 is 20.2 Å². The number of nitrogens with two attached hydrogens (primary N) is 1. The van der Waals surface area contributed by atoms with Gasteiger partial charge in [-0.15, -0.1) is 0 Å². The quantitative estimate of drug-likeness (QED) is 0.351. The lowest BCUT2D eigenvalue weighted by Gasteiger charge is -2.15. The predicted octanol–water partition coefficient (Wildman–Crippen LogP) is 4.94. The van der Waals surface area contributed by atoms with Gasteiger partial charge in [0.2, 0.25) is 11.8 Å². The lowest BCUT2D eigenvalue weighted by Crippen LogP contribution is -2.08. The number of fused-ring (bicyclic) bond motifs is 2. The second-order valence-electron chi connectivity index (χ2n) is 9.18. The van der Waals surface area contributed by atoms with Crippen LogP contribution in [0.1, 0.15) is 46.7 Å². The van der Waals surface area contributed by atoms with Crippen LogP contribution in [0.15, 0.2) is 55.1 Å². The topological polar surface area (TPSA) is 103 Å². The molecule has 0 saturated heterocycles. The highest BCUT2D eigenvalue weighted by atomic mass is 16.5. The summed E-state index contributed by atoms with van der Waals surface area (Å²) in [4.78, 5) is 17.8. The summed E-state index contributed by atoms with van der Waals surface area (Å²) in [6, 6.07) is 10.1. The molecule has 1 aromatic carbocycles. The Morgan fingerprint density at radius 1 is 1.03 bits per heavy atom. The standard InChI is InChI=1S/C27H27N7O/c1-16-11-22-21(7-9-29-26(22)28)17(2)23(16)12-31-27-30-10-8-25(33-27)35-15-20-14-34-13-19(18-3-4-18)5-6-24(34)32-20/h5-11,13-14,18H,3-4,12,15H2,1-2H3,(H2,28,29)(H,30,31,33). The molecule has 1 aliphatic carbocycles. The molecule has 0 atom stereocenters. The monoisotopic (exact) mass is 465 g/mol. The maximum Gasteiger partial charge on any atom is 0.226 e. The normalized spacial score (nSPS) is 13.4. The van der Waals surface area contributed by atoms with Gasteiger partial charge in [0.15, 0.2) is 0 Å². The van der Waals surface area contributed by atoms with Crippen molar-refractivity contribution in [2.45, 2.75) is 45.8 Å². The highest BCUT2D eigenvalue weighted by molar-refractivity contribution is 5.94. The average Bonchev–Trinajstić information content (AvgIpc) is 3.63. The molecular formula is C27H27N7O. The largest absolute Gasteiger partial charge is 0.471 e. The van der Waals surface area contributed by atoms with E-state index in [1.165, 1.54) is 29.5 Å². The van der Waals surface area contributed by atoms with Crippen molar-refractivity contribution >= 4 is 28.2 Å². The third kappa shape index (κ3) is 4.23. The zero-order valence-corrected chi connectivity index (χ0v) is 19.8. The first-order chi connectivity index (χ1) is 17.0. The molecule has 4 heterocycles. The maximum atomic E-state index is 6.07. The fourth-order valence-electron chi connectivity index (χ4n) is 4.61. The van der Waals surface area contributed by atoms with Crippen LogP contribution < -0.4 is 15.8 Å². The SMILES string of the molecule is Cc1cc2c(N)nccc2c(C)c1CNc1nccc(OCc2cn3cc(C4CC4)ccc3n2)n1. The summed E-state index contributed by atoms with van der Waals surface area (Å²) >= 11 is 0. The number of anilines is 2. The van der Waals surface area contributed by atoms with Gasteiger partial charge in [0.05, 0.1) is 5.69 Å². The number of aryl methyl sites for hydroxylation is 2. The summed E-state index contributed by atoms with van der Waals surface area (Å²) < 4.78 is 8.02. The van der Waals surface area contributed by atoms with Crippen LogP contribution in [0.3, 0.4) is 0 Å². The van der Waals surface area contributed by atoms with Crippen molar-refractivity contribution in [1.29, 1.82) is 0 Å². The fraction of sp³-hybridized carbons (Fsp3) is 0.259. The van der Waals surface area contributed by atoms with Crippen LogP contribution >= 0.6 is 0 Å². The van der Waals surface area contributed by atoms with Gasteiger partial charge >= 0.3 is 0 Å². The number of imidazole rings is 1. The smallest absolute Gasteiger partial charge is 0.226 e. The van der Waals surface area contributed by atoms with E-state index < -0.39 is 0 Å². The Hall–Kier alpha value is -4.20. The van der Waals surface area contributed by atoms with Crippen molar-refractivity contribution in [2.24, 2.45) is 0 Å². The number of nitrogens with zero attached hydrogens (tertiary/aromatic N) is 5. The lowest BCUT2D eigenvalue weighted by molar-refractivity contribution is 0.290. The molecule has 1 fully saturated rings. The van der Waals surface area contributed by atoms with Crippen LogP contribution in [0.4, 0.5) is 11.8 Å². The molecule has 176 valence electrons. The molecule has 1 aliphatic rings. The second kappa shape index (κ2) is 8.54. The van der Waals surface area contributed by atoms with Crippen LogP contribution in [-0.2, 0) is 13.2 Å². The fourth-order valence-corrected chi connectivity index (χ4v) is 4.61. The second-order valence-corrected chi connectivity index (χ2v) is 9.18. The summed E-state index contributed by atoms with van der Waals surface area (Å²) in [6.45, 7) is 5.12. The number of ether oxygens (including phenoxy) is 1. The summed E-state index contributed by atoms with van der Waals surface area (Å²) in [5.41, 5.74) is 12.7. The number of aromatic nitrogens is 5. The van der Waals surface area contributed by atoms with Crippen LogP contribution in [0.2, 0.25) is 0 Å². The molecule has 6 rings (SSSR count). The highest BCUT2D eigenvalue weighted by Crippen LogP contribution is 2.39.